The molecular weight excluding hydrogens is 300 g/mol. The van der Waals surface area contributed by atoms with Gasteiger partial charge in [-0.3, -0.25) is 9.59 Å². The molecule has 120 valence electrons. The molecule has 1 aliphatic heterocycles. The van der Waals surface area contributed by atoms with E-state index < -0.39 is 6.04 Å². The Morgan fingerprint density at radius 3 is 2.32 bits per heavy atom. The Balaban J connectivity index is 1.96. The number of nitrogens with one attached hydrogen (secondary N) is 1. The Kier molecular flexibility index (Phi) is 5.83. The van der Waals surface area contributed by atoms with Gasteiger partial charge < -0.3 is 10.2 Å². The van der Waals surface area contributed by atoms with E-state index in [1.54, 1.807) is 12.1 Å². The lowest BCUT2D eigenvalue weighted by atomic mass is 10.0. The van der Waals surface area contributed by atoms with Crippen molar-refractivity contribution in [1.82, 2.24) is 10.2 Å². The fourth-order valence-electron chi connectivity index (χ4n) is 2.66. The number of hydrogen-bond acceptors (Lipinski definition) is 2. The van der Waals surface area contributed by atoms with Crippen molar-refractivity contribution in [2.75, 3.05) is 13.1 Å². The topological polar surface area (TPSA) is 49.4 Å². The fraction of sp³-hybridized carbons (Fsp3) is 0.529. The quantitative estimate of drug-likeness (QED) is 0.906. The molecule has 1 aromatic rings. The molecule has 1 N–H and O–H groups in total. The number of benzene rings is 1. The van der Waals surface area contributed by atoms with Gasteiger partial charge in [-0.15, -0.1) is 0 Å². The summed E-state index contributed by atoms with van der Waals surface area (Å²) in [6.45, 7) is 5.52. The standard InChI is InChI=1S/C17H23ClN2O2/c1-12(2)16(17(22)20-9-3-4-10-20)19-15(21)11-13-5-7-14(18)8-6-13/h5-8,12,16H,3-4,9-11H2,1-2H3,(H,19,21)/t16-/m0/s1. The summed E-state index contributed by atoms with van der Waals surface area (Å²) in [4.78, 5) is 26.6. The van der Waals surface area contributed by atoms with Gasteiger partial charge in [-0.2, -0.15) is 0 Å². The smallest absolute Gasteiger partial charge is 0.245 e. The van der Waals surface area contributed by atoms with Crippen LogP contribution in [0.5, 0.6) is 0 Å². The van der Waals surface area contributed by atoms with Crippen LogP contribution in [-0.4, -0.2) is 35.8 Å². The summed E-state index contributed by atoms with van der Waals surface area (Å²) in [6.07, 6.45) is 2.36. The van der Waals surface area contributed by atoms with E-state index in [-0.39, 0.29) is 24.2 Å². The molecule has 1 aromatic carbocycles. The van der Waals surface area contributed by atoms with Crippen molar-refractivity contribution in [3.8, 4) is 0 Å². The van der Waals surface area contributed by atoms with Crippen molar-refractivity contribution in [2.45, 2.75) is 39.2 Å². The zero-order valence-electron chi connectivity index (χ0n) is 13.1. The molecule has 0 radical (unpaired) electrons. The van der Waals surface area contributed by atoms with Crippen molar-refractivity contribution in [3.63, 3.8) is 0 Å². The number of halogens is 1. The predicted octanol–water partition coefficient (Wildman–Crippen LogP) is 2.65. The summed E-state index contributed by atoms with van der Waals surface area (Å²) in [6, 6.07) is 6.74. The summed E-state index contributed by atoms with van der Waals surface area (Å²) < 4.78 is 0. The van der Waals surface area contributed by atoms with Crippen LogP contribution in [0, 0.1) is 5.92 Å². The molecule has 0 aromatic heterocycles. The molecule has 4 nitrogen and oxygen atoms in total. The molecule has 1 atom stereocenters. The first-order chi connectivity index (χ1) is 10.5. The van der Waals surface area contributed by atoms with Crippen LogP contribution in [0.4, 0.5) is 0 Å². The van der Waals surface area contributed by atoms with Gasteiger partial charge in [-0.05, 0) is 36.5 Å². The zero-order valence-corrected chi connectivity index (χ0v) is 13.9. The summed E-state index contributed by atoms with van der Waals surface area (Å²) >= 11 is 5.84. The Morgan fingerprint density at radius 2 is 1.77 bits per heavy atom. The van der Waals surface area contributed by atoms with Crippen LogP contribution >= 0.6 is 11.6 Å². The van der Waals surface area contributed by atoms with Crippen LogP contribution in [0.2, 0.25) is 5.02 Å². The van der Waals surface area contributed by atoms with E-state index in [0.717, 1.165) is 31.5 Å². The first-order valence-corrected chi connectivity index (χ1v) is 8.18. The molecule has 0 spiro atoms. The molecule has 1 saturated heterocycles. The highest BCUT2D eigenvalue weighted by Gasteiger charge is 2.29. The maximum atomic E-state index is 12.5. The van der Waals surface area contributed by atoms with E-state index in [9.17, 15) is 9.59 Å². The first-order valence-electron chi connectivity index (χ1n) is 7.80. The summed E-state index contributed by atoms with van der Waals surface area (Å²) in [5.41, 5.74) is 0.887. The van der Waals surface area contributed by atoms with E-state index in [0.29, 0.717) is 5.02 Å². The largest absolute Gasteiger partial charge is 0.344 e. The van der Waals surface area contributed by atoms with Gasteiger partial charge in [-0.1, -0.05) is 37.6 Å². The zero-order chi connectivity index (χ0) is 16.1. The first kappa shape index (κ1) is 16.8. The number of carbonyl (C=O) groups excluding carboxylic acids is 2. The minimum atomic E-state index is -0.446. The third-order valence-electron chi connectivity index (χ3n) is 3.94. The highest BCUT2D eigenvalue weighted by atomic mass is 35.5. The Bertz CT molecular complexity index is 522. The molecule has 22 heavy (non-hydrogen) atoms. The second-order valence-corrected chi connectivity index (χ2v) is 6.56. The molecule has 0 bridgehead atoms. The lowest BCUT2D eigenvalue weighted by Crippen LogP contribution is -2.50. The maximum Gasteiger partial charge on any atom is 0.245 e. The summed E-state index contributed by atoms with van der Waals surface area (Å²) in [5, 5.41) is 3.54. The average molecular weight is 323 g/mol. The van der Waals surface area contributed by atoms with Gasteiger partial charge in [0.2, 0.25) is 11.8 Å². The van der Waals surface area contributed by atoms with E-state index >= 15 is 0 Å². The van der Waals surface area contributed by atoms with Crippen LogP contribution in [0.25, 0.3) is 0 Å². The summed E-state index contributed by atoms with van der Waals surface area (Å²) in [5.74, 6) is -0.0206. The van der Waals surface area contributed by atoms with Crippen molar-refractivity contribution in [1.29, 1.82) is 0 Å². The fourth-order valence-corrected chi connectivity index (χ4v) is 2.79. The molecule has 2 amide bonds. The maximum absolute atomic E-state index is 12.5. The van der Waals surface area contributed by atoms with Crippen LogP contribution < -0.4 is 5.32 Å². The second kappa shape index (κ2) is 7.63. The van der Waals surface area contributed by atoms with E-state index in [1.165, 1.54) is 0 Å². The molecule has 1 aliphatic rings. The molecule has 0 unspecified atom stereocenters. The monoisotopic (exact) mass is 322 g/mol. The number of nitrogens with zero attached hydrogens (tertiary/aromatic N) is 1. The lowest BCUT2D eigenvalue weighted by molar-refractivity contribution is -0.136. The van der Waals surface area contributed by atoms with Gasteiger partial charge in [-0.25, -0.2) is 0 Å². The number of hydrogen-bond donors (Lipinski definition) is 1. The lowest BCUT2D eigenvalue weighted by Gasteiger charge is -2.26. The normalized spacial score (nSPS) is 15.9. The molecule has 0 aliphatic carbocycles. The van der Waals surface area contributed by atoms with E-state index in [1.807, 2.05) is 30.9 Å². The highest BCUT2D eigenvalue weighted by molar-refractivity contribution is 6.30. The molecule has 1 heterocycles. The molecule has 0 saturated carbocycles. The number of carbonyl (C=O) groups is 2. The van der Waals surface area contributed by atoms with Crippen LogP contribution in [-0.2, 0) is 16.0 Å². The van der Waals surface area contributed by atoms with Gasteiger partial charge in [0.15, 0.2) is 0 Å². The Hall–Kier alpha value is -1.55. The SMILES string of the molecule is CC(C)[C@H](NC(=O)Cc1ccc(Cl)cc1)C(=O)N1CCCC1. The van der Waals surface area contributed by atoms with Crippen LogP contribution in [0.15, 0.2) is 24.3 Å². The van der Waals surface area contributed by atoms with Gasteiger partial charge in [0, 0.05) is 18.1 Å². The Labute approximate surface area is 136 Å². The minimum Gasteiger partial charge on any atom is -0.344 e. The van der Waals surface area contributed by atoms with E-state index in [4.69, 9.17) is 11.6 Å². The highest BCUT2D eigenvalue weighted by Crippen LogP contribution is 2.14. The second-order valence-electron chi connectivity index (χ2n) is 6.12. The number of amides is 2. The van der Waals surface area contributed by atoms with Crippen molar-refractivity contribution >= 4 is 23.4 Å². The van der Waals surface area contributed by atoms with Crippen molar-refractivity contribution < 1.29 is 9.59 Å². The van der Waals surface area contributed by atoms with E-state index in [2.05, 4.69) is 5.32 Å². The van der Waals surface area contributed by atoms with Gasteiger partial charge in [0.25, 0.3) is 0 Å². The number of likely N-dealkylation sites (tertiary alicyclic amines) is 1. The molecular formula is C17H23ClN2O2. The Morgan fingerprint density at radius 1 is 1.18 bits per heavy atom. The molecule has 2 rings (SSSR count). The van der Waals surface area contributed by atoms with Crippen molar-refractivity contribution in [3.05, 3.63) is 34.9 Å². The molecule has 1 fully saturated rings. The summed E-state index contributed by atoms with van der Waals surface area (Å²) in [7, 11) is 0. The van der Waals surface area contributed by atoms with Crippen molar-refractivity contribution in [2.24, 2.45) is 5.92 Å². The molecule has 5 heteroatoms. The van der Waals surface area contributed by atoms with Gasteiger partial charge in [0.05, 0.1) is 6.42 Å². The minimum absolute atomic E-state index is 0.0388. The van der Waals surface area contributed by atoms with Gasteiger partial charge >= 0.3 is 0 Å². The van der Waals surface area contributed by atoms with Crippen LogP contribution in [0.3, 0.4) is 0 Å². The third-order valence-corrected chi connectivity index (χ3v) is 4.20. The predicted molar refractivity (Wildman–Crippen MR) is 87.7 cm³/mol. The number of rotatable bonds is 5. The van der Waals surface area contributed by atoms with Gasteiger partial charge in [0.1, 0.15) is 6.04 Å². The van der Waals surface area contributed by atoms with Crippen LogP contribution in [0.1, 0.15) is 32.3 Å². The average Bonchev–Trinajstić information content (AvgIpc) is 3.00. The third kappa shape index (κ3) is 4.47.